The summed E-state index contributed by atoms with van der Waals surface area (Å²) in [7, 11) is 0. The van der Waals surface area contributed by atoms with Gasteiger partial charge in [0.15, 0.2) is 11.6 Å². The highest BCUT2D eigenvalue weighted by molar-refractivity contribution is 5.97. The predicted molar refractivity (Wildman–Crippen MR) is 110 cm³/mol. The Morgan fingerprint density at radius 2 is 1.97 bits per heavy atom. The van der Waals surface area contributed by atoms with Crippen molar-refractivity contribution in [3.05, 3.63) is 77.1 Å². The highest BCUT2D eigenvalue weighted by atomic mass is 19.4. The summed E-state index contributed by atoms with van der Waals surface area (Å²) in [6.45, 7) is 2.11. The molecule has 1 unspecified atom stereocenters. The van der Waals surface area contributed by atoms with Crippen molar-refractivity contribution < 1.29 is 41.7 Å². The van der Waals surface area contributed by atoms with E-state index in [1.165, 1.54) is 18.2 Å². The van der Waals surface area contributed by atoms with Crippen LogP contribution in [-0.4, -0.2) is 39.9 Å². The number of aromatic carboxylic acids is 1. The predicted octanol–water partition coefficient (Wildman–Crippen LogP) is 4.39. The van der Waals surface area contributed by atoms with Gasteiger partial charge in [-0.3, -0.25) is 9.78 Å². The third-order valence-corrected chi connectivity index (χ3v) is 4.65. The summed E-state index contributed by atoms with van der Waals surface area (Å²) in [6.07, 6.45) is -2.59. The van der Waals surface area contributed by atoms with Crippen molar-refractivity contribution in [2.75, 3.05) is 6.61 Å². The molecule has 34 heavy (non-hydrogen) atoms. The number of aromatic amines is 1. The number of nitrogens with one attached hydrogen (secondary N) is 2. The van der Waals surface area contributed by atoms with E-state index in [9.17, 15) is 27.2 Å². The van der Waals surface area contributed by atoms with Gasteiger partial charge >= 0.3 is 12.3 Å². The van der Waals surface area contributed by atoms with Crippen LogP contribution in [0.15, 0.2) is 48.7 Å². The molecule has 12 heteroatoms. The number of halogens is 4. The van der Waals surface area contributed by atoms with Crippen molar-refractivity contribution in [3.8, 4) is 11.5 Å². The number of ether oxygens (including phenoxy) is 2. The maximum absolute atomic E-state index is 12.5. The average molecular weight is 481 g/mol. The highest BCUT2D eigenvalue weighted by Gasteiger charge is 2.32. The number of hydrogen-bond acceptors (Lipinski definition) is 5. The van der Waals surface area contributed by atoms with E-state index < -0.39 is 23.9 Å². The minimum Gasteiger partial charge on any atom is -0.491 e. The lowest BCUT2D eigenvalue weighted by molar-refractivity contribution is -0.275. The monoisotopic (exact) mass is 481 g/mol. The Kier molecular flexibility index (Phi) is 7.39. The van der Waals surface area contributed by atoms with Crippen molar-refractivity contribution in [3.63, 3.8) is 0 Å². The van der Waals surface area contributed by atoms with E-state index in [0.717, 1.165) is 12.1 Å². The molecule has 0 spiro atoms. The van der Waals surface area contributed by atoms with Gasteiger partial charge in [-0.25, -0.2) is 9.18 Å². The van der Waals surface area contributed by atoms with Crippen LogP contribution < -0.4 is 14.8 Å². The smallest absolute Gasteiger partial charge is 0.491 e. The van der Waals surface area contributed by atoms with Gasteiger partial charge < -0.3 is 24.9 Å². The summed E-state index contributed by atoms with van der Waals surface area (Å²) in [5.41, 5.74) is 1.45. The first-order valence-corrected chi connectivity index (χ1v) is 9.87. The Bertz CT molecular complexity index is 1180. The van der Waals surface area contributed by atoms with Crippen LogP contribution in [0.2, 0.25) is 0 Å². The molecule has 2 aromatic heterocycles. The number of carboxylic acids is 1. The number of carbonyl (C=O) groups excluding carboxylic acids is 1. The molecule has 180 valence electrons. The maximum Gasteiger partial charge on any atom is 0.573 e. The molecule has 3 aromatic rings. The Morgan fingerprint density at radius 1 is 1.24 bits per heavy atom. The molecule has 0 saturated carbocycles. The minimum absolute atomic E-state index is 0.0932. The molecule has 0 radical (unpaired) electrons. The van der Waals surface area contributed by atoms with Crippen molar-refractivity contribution in [2.45, 2.75) is 25.7 Å². The molecule has 0 bridgehead atoms. The van der Waals surface area contributed by atoms with Crippen LogP contribution in [-0.2, 0) is 0 Å². The molecule has 1 aliphatic rings. The lowest BCUT2D eigenvalue weighted by atomic mass is 10.1. The summed E-state index contributed by atoms with van der Waals surface area (Å²) in [4.78, 5) is 30.4. The third kappa shape index (κ3) is 6.24. The van der Waals surface area contributed by atoms with E-state index in [4.69, 9.17) is 9.84 Å². The second kappa shape index (κ2) is 10.2. The van der Waals surface area contributed by atoms with Crippen LogP contribution in [0.4, 0.5) is 17.6 Å². The number of para-hydroxylation sites is 1. The fourth-order valence-corrected chi connectivity index (χ4v) is 3.14. The van der Waals surface area contributed by atoms with Gasteiger partial charge in [0.25, 0.3) is 5.91 Å². The lowest BCUT2D eigenvalue weighted by Crippen LogP contribution is -2.33. The largest absolute Gasteiger partial charge is 0.573 e. The van der Waals surface area contributed by atoms with E-state index in [1.54, 1.807) is 19.2 Å². The summed E-state index contributed by atoms with van der Waals surface area (Å²) >= 11 is 0. The SMILES string of the molecule is Cc1[nH]c(C(=O)NC2CCOc3cccnc32)cc1C(=O)O.Fc1ccccc1OC(F)(F)F. The van der Waals surface area contributed by atoms with Crippen LogP contribution in [0, 0.1) is 12.7 Å². The Morgan fingerprint density at radius 3 is 2.62 bits per heavy atom. The average Bonchev–Trinajstić information content (AvgIpc) is 3.17. The zero-order valence-corrected chi connectivity index (χ0v) is 17.6. The zero-order valence-electron chi connectivity index (χ0n) is 17.6. The van der Waals surface area contributed by atoms with Crippen LogP contribution >= 0.6 is 0 Å². The molecule has 1 aliphatic heterocycles. The van der Waals surface area contributed by atoms with Gasteiger partial charge in [0, 0.05) is 18.3 Å². The number of H-pyrrole nitrogens is 1. The number of carboxylic acid groups (broad SMARTS) is 1. The quantitative estimate of drug-likeness (QED) is 0.477. The lowest BCUT2D eigenvalue weighted by Gasteiger charge is -2.25. The van der Waals surface area contributed by atoms with E-state index >= 15 is 0 Å². The molecule has 0 aliphatic carbocycles. The summed E-state index contributed by atoms with van der Waals surface area (Å²) in [5.74, 6) is -2.61. The number of aryl methyl sites for hydroxylation is 1. The highest BCUT2D eigenvalue weighted by Crippen LogP contribution is 2.30. The molecule has 3 heterocycles. The van der Waals surface area contributed by atoms with Gasteiger partial charge in [-0.15, -0.1) is 13.2 Å². The van der Waals surface area contributed by atoms with E-state index in [0.29, 0.717) is 30.2 Å². The van der Waals surface area contributed by atoms with Gasteiger partial charge in [-0.2, -0.15) is 0 Å². The number of benzene rings is 1. The van der Waals surface area contributed by atoms with Gasteiger partial charge in [0.2, 0.25) is 0 Å². The van der Waals surface area contributed by atoms with Crippen molar-refractivity contribution in [1.29, 1.82) is 0 Å². The molecular formula is C22H19F4N3O5. The molecule has 3 N–H and O–H groups in total. The van der Waals surface area contributed by atoms with Crippen LogP contribution in [0.3, 0.4) is 0 Å². The van der Waals surface area contributed by atoms with E-state index in [1.807, 2.05) is 6.07 Å². The topological polar surface area (TPSA) is 114 Å². The minimum atomic E-state index is -4.85. The maximum atomic E-state index is 12.5. The van der Waals surface area contributed by atoms with Gasteiger partial charge in [-0.05, 0) is 37.3 Å². The van der Waals surface area contributed by atoms with Crippen LogP contribution in [0.5, 0.6) is 11.5 Å². The summed E-state index contributed by atoms with van der Waals surface area (Å²) < 4.78 is 55.9. The van der Waals surface area contributed by atoms with Crippen molar-refractivity contribution >= 4 is 11.9 Å². The number of hydrogen-bond donors (Lipinski definition) is 3. The number of pyridine rings is 1. The Labute approximate surface area is 190 Å². The Hall–Kier alpha value is -4.09. The fourth-order valence-electron chi connectivity index (χ4n) is 3.14. The number of alkyl halides is 3. The van der Waals surface area contributed by atoms with E-state index in [2.05, 4.69) is 20.0 Å². The van der Waals surface area contributed by atoms with Crippen molar-refractivity contribution in [1.82, 2.24) is 15.3 Å². The normalized spacial score (nSPS) is 14.7. The number of nitrogens with zero attached hydrogens (tertiary/aromatic N) is 1. The summed E-state index contributed by atoms with van der Waals surface area (Å²) in [5, 5.41) is 11.9. The van der Waals surface area contributed by atoms with Gasteiger partial charge in [0.1, 0.15) is 17.1 Å². The number of amides is 1. The second-order valence-electron chi connectivity index (χ2n) is 7.06. The molecule has 4 rings (SSSR count). The molecule has 1 atom stereocenters. The number of fused-ring (bicyclic) bond motifs is 1. The molecule has 1 aromatic carbocycles. The zero-order chi connectivity index (χ0) is 24.9. The molecule has 8 nitrogen and oxygen atoms in total. The third-order valence-electron chi connectivity index (χ3n) is 4.65. The number of aromatic nitrogens is 2. The fraction of sp³-hybridized carbons (Fsp3) is 0.227. The summed E-state index contributed by atoms with van der Waals surface area (Å²) in [6, 6.07) is 8.99. The Balaban J connectivity index is 0.000000229. The molecule has 1 amide bonds. The first-order valence-electron chi connectivity index (χ1n) is 9.87. The van der Waals surface area contributed by atoms with Gasteiger partial charge in [0.05, 0.1) is 18.2 Å². The van der Waals surface area contributed by atoms with Crippen LogP contribution in [0.25, 0.3) is 0 Å². The van der Waals surface area contributed by atoms with Gasteiger partial charge in [-0.1, -0.05) is 12.1 Å². The molecular weight excluding hydrogens is 462 g/mol. The van der Waals surface area contributed by atoms with Crippen molar-refractivity contribution in [2.24, 2.45) is 0 Å². The molecule has 0 fully saturated rings. The first kappa shape index (κ1) is 24.6. The molecule has 0 saturated heterocycles. The van der Waals surface area contributed by atoms with E-state index in [-0.39, 0.29) is 23.2 Å². The number of carbonyl (C=O) groups is 2. The van der Waals surface area contributed by atoms with Crippen LogP contribution in [0.1, 0.15) is 44.7 Å². The first-order chi connectivity index (χ1) is 16.0. The second-order valence-corrected chi connectivity index (χ2v) is 7.06. The standard InChI is InChI=1S/C15H15N3O4.C7H4F4O/c1-8-9(15(20)21)7-11(17-8)14(19)18-10-4-6-22-12-3-2-5-16-13(10)12;8-5-3-1-2-4-6(5)12-7(9,10)11/h2-3,5,7,10,17H,4,6H2,1H3,(H,18,19)(H,20,21);1-4H. The number of rotatable bonds is 4.